The van der Waals surface area contributed by atoms with E-state index in [-0.39, 0.29) is 11.4 Å². The van der Waals surface area contributed by atoms with Crippen molar-refractivity contribution in [1.82, 2.24) is 4.57 Å². The molecule has 124 valence electrons. The lowest BCUT2D eigenvalue weighted by molar-refractivity contribution is -0.137. The van der Waals surface area contributed by atoms with Crippen molar-refractivity contribution in [1.29, 1.82) is 0 Å². The fourth-order valence-corrected chi connectivity index (χ4v) is 2.84. The van der Waals surface area contributed by atoms with Gasteiger partial charge in [0.2, 0.25) is 5.78 Å². The number of hydrogen-bond acceptors (Lipinski definition) is 2. The number of alkyl halides is 6. The average Bonchev–Trinajstić information content (AvgIpc) is 2.92. The Bertz CT molecular complexity index is 738. The summed E-state index contributed by atoms with van der Waals surface area (Å²) in [6.45, 7) is 0. The highest BCUT2D eigenvalue weighted by atomic mass is 35.6. The summed E-state index contributed by atoms with van der Waals surface area (Å²) in [5.41, 5.74) is -0.652. The van der Waals surface area contributed by atoms with Gasteiger partial charge in [0.15, 0.2) is 0 Å². The number of ketones is 1. The Hall–Kier alpha value is -0.820. The molecule has 0 fully saturated rings. The molecule has 2 nitrogen and oxygen atoms in total. The molecule has 1 aromatic carbocycles. The summed E-state index contributed by atoms with van der Waals surface area (Å²) in [7, 11) is 0. The summed E-state index contributed by atoms with van der Waals surface area (Å²) < 4.78 is 37.9. The van der Waals surface area contributed by atoms with E-state index in [0.717, 1.165) is 12.1 Å². The Kier molecular flexibility index (Phi) is 5.31. The number of aromatic nitrogens is 1. The minimum absolute atomic E-state index is 0.0142. The predicted molar refractivity (Wildman–Crippen MR) is 87.2 cm³/mol. The number of carbonyl (C=O) groups is 1. The van der Waals surface area contributed by atoms with Gasteiger partial charge in [-0.2, -0.15) is 13.2 Å². The summed E-state index contributed by atoms with van der Waals surface area (Å²) in [5, 5.41) is 0. The molecule has 0 unspecified atom stereocenters. The fourth-order valence-electron chi connectivity index (χ4n) is 1.98. The van der Waals surface area contributed by atoms with E-state index >= 15 is 0 Å². The normalized spacial score (nSPS) is 12.5. The van der Waals surface area contributed by atoms with Crippen molar-refractivity contribution in [3.8, 4) is 5.69 Å². The zero-order chi connectivity index (χ0) is 17.4. The highest BCUT2D eigenvalue weighted by molar-refractivity contribution is 7.98. The van der Waals surface area contributed by atoms with E-state index in [1.165, 1.54) is 40.7 Å². The van der Waals surface area contributed by atoms with Gasteiger partial charge in [-0.25, -0.2) is 0 Å². The molecule has 23 heavy (non-hydrogen) atoms. The van der Waals surface area contributed by atoms with E-state index in [0.29, 0.717) is 4.90 Å². The van der Waals surface area contributed by atoms with Gasteiger partial charge in [-0.1, -0.05) is 34.8 Å². The molecule has 0 spiro atoms. The molecule has 0 atom stereocenters. The van der Waals surface area contributed by atoms with Gasteiger partial charge in [0.25, 0.3) is 3.79 Å². The molecular formula is C14H9Cl3F3NOS. The van der Waals surface area contributed by atoms with Crippen LogP contribution in [0.5, 0.6) is 0 Å². The molecule has 0 saturated carbocycles. The van der Waals surface area contributed by atoms with Crippen LogP contribution in [0.2, 0.25) is 0 Å². The Labute approximate surface area is 149 Å². The molecular weight excluding hydrogens is 394 g/mol. The van der Waals surface area contributed by atoms with Crippen molar-refractivity contribution in [2.75, 3.05) is 6.26 Å². The van der Waals surface area contributed by atoms with E-state index in [4.69, 9.17) is 34.8 Å². The zero-order valence-electron chi connectivity index (χ0n) is 11.5. The third kappa shape index (κ3) is 3.99. The minimum Gasteiger partial charge on any atom is -0.313 e. The summed E-state index contributed by atoms with van der Waals surface area (Å²) in [4.78, 5) is 12.7. The van der Waals surface area contributed by atoms with Crippen molar-refractivity contribution < 1.29 is 18.0 Å². The molecule has 0 radical (unpaired) electrons. The SMILES string of the molecule is CSc1ccc(C(F)(F)F)cc1-n1cccc1C(=O)C(Cl)(Cl)Cl. The van der Waals surface area contributed by atoms with Gasteiger partial charge in [-0.05, 0) is 36.6 Å². The molecule has 0 bridgehead atoms. The molecule has 9 heteroatoms. The molecule has 0 N–H and O–H groups in total. The maximum atomic E-state index is 12.9. The molecule has 1 aromatic heterocycles. The lowest BCUT2D eigenvalue weighted by Crippen LogP contribution is -2.22. The smallest absolute Gasteiger partial charge is 0.313 e. The number of hydrogen-bond donors (Lipinski definition) is 0. The number of Topliss-reactive ketones (excluding diaryl/α,β-unsaturated/α-hetero) is 1. The predicted octanol–water partition coefficient (Wildman–Crippen LogP) is 5.77. The molecule has 0 aliphatic rings. The first-order valence-electron chi connectivity index (χ1n) is 6.10. The topological polar surface area (TPSA) is 22.0 Å². The van der Waals surface area contributed by atoms with E-state index in [1.807, 2.05) is 0 Å². The van der Waals surface area contributed by atoms with Crippen LogP contribution >= 0.6 is 46.6 Å². The quantitative estimate of drug-likeness (QED) is 0.369. The Morgan fingerprint density at radius 1 is 1.17 bits per heavy atom. The third-order valence-electron chi connectivity index (χ3n) is 3.00. The maximum absolute atomic E-state index is 12.9. The van der Waals surface area contributed by atoms with Crippen molar-refractivity contribution in [3.63, 3.8) is 0 Å². The first-order chi connectivity index (χ1) is 10.6. The second-order valence-electron chi connectivity index (χ2n) is 4.47. The number of thioether (sulfide) groups is 1. The highest BCUT2D eigenvalue weighted by Gasteiger charge is 2.35. The van der Waals surface area contributed by atoms with E-state index < -0.39 is 21.3 Å². The summed E-state index contributed by atoms with van der Waals surface area (Å²) in [5.74, 6) is -0.822. The number of rotatable bonds is 3. The van der Waals surface area contributed by atoms with Crippen molar-refractivity contribution in [2.24, 2.45) is 0 Å². The number of halogens is 6. The molecule has 2 aromatic rings. The van der Waals surface area contributed by atoms with E-state index in [1.54, 1.807) is 6.26 Å². The Morgan fingerprint density at radius 3 is 2.35 bits per heavy atom. The van der Waals surface area contributed by atoms with Crippen LogP contribution in [-0.4, -0.2) is 20.4 Å². The van der Waals surface area contributed by atoms with Crippen LogP contribution in [-0.2, 0) is 6.18 Å². The van der Waals surface area contributed by atoms with Gasteiger partial charge in [0, 0.05) is 11.1 Å². The van der Waals surface area contributed by atoms with Gasteiger partial charge in [0.05, 0.1) is 16.9 Å². The molecule has 0 amide bonds. The van der Waals surface area contributed by atoms with Crippen molar-refractivity contribution >= 4 is 52.3 Å². The number of nitrogens with zero attached hydrogens (tertiary/aromatic N) is 1. The summed E-state index contributed by atoms with van der Waals surface area (Å²) >= 11 is 18.0. The Balaban J connectivity index is 2.63. The van der Waals surface area contributed by atoms with Crippen LogP contribution in [0, 0.1) is 0 Å². The van der Waals surface area contributed by atoms with Crippen LogP contribution in [0.15, 0.2) is 41.4 Å². The van der Waals surface area contributed by atoms with E-state index in [2.05, 4.69) is 0 Å². The summed E-state index contributed by atoms with van der Waals surface area (Å²) in [6.07, 6.45) is -1.34. The molecule has 0 aliphatic carbocycles. The lowest BCUT2D eigenvalue weighted by Gasteiger charge is -2.17. The lowest BCUT2D eigenvalue weighted by atomic mass is 10.2. The average molecular weight is 403 g/mol. The first kappa shape index (κ1) is 18.5. The molecule has 0 saturated heterocycles. The number of carbonyl (C=O) groups excluding carboxylic acids is 1. The fraction of sp³-hybridized carbons (Fsp3) is 0.214. The number of benzene rings is 1. The zero-order valence-corrected chi connectivity index (χ0v) is 14.6. The second kappa shape index (κ2) is 6.59. The van der Waals surface area contributed by atoms with Crippen LogP contribution in [0.3, 0.4) is 0 Å². The van der Waals surface area contributed by atoms with E-state index in [9.17, 15) is 18.0 Å². The van der Waals surface area contributed by atoms with Gasteiger partial charge >= 0.3 is 6.18 Å². The van der Waals surface area contributed by atoms with Gasteiger partial charge in [0.1, 0.15) is 0 Å². The largest absolute Gasteiger partial charge is 0.416 e. The highest BCUT2D eigenvalue weighted by Crippen LogP contribution is 2.36. The van der Waals surface area contributed by atoms with Gasteiger partial charge in [-0.3, -0.25) is 4.79 Å². The summed E-state index contributed by atoms with van der Waals surface area (Å²) in [6, 6.07) is 6.16. The third-order valence-corrected chi connectivity index (χ3v) is 4.30. The van der Waals surface area contributed by atoms with Crippen LogP contribution in [0.1, 0.15) is 16.1 Å². The minimum atomic E-state index is -4.50. The standard InChI is InChI=1S/C14H9Cl3F3NOS/c1-23-11-5-4-8(14(18,19)20)7-10(11)21-6-2-3-9(21)12(22)13(15,16)17/h2-7H,1H3. The van der Waals surface area contributed by atoms with Crippen LogP contribution in [0.25, 0.3) is 5.69 Å². The van der Waals surface area contributed by atoms with Crippen molar-refractivity contribution in [2.45, 2.75) is 14.9 Å². The van der Waals surface area contributed by atoms with Gasteiger partial charge in [-0.15, -0.1) is 11.8 Å². The van der Waals surface area contributed by atoms with Crippen LogP contribution in [0.4, 0.5) is 13.2 Å². The van der Waals surface area contributed by atoms with Crippen LogP contribution < -0.4 is 0 Å². The van der Waals surface area contributed by atoms with Crippen molar-refractivity contribution in [3.05, 3.63) is 47.8 Å². The monoisotopic (exact) mass is 401 g/mol. The maximum Gasteiger partial charge on any atom is 0.416 e. The second-order valence-corrected chi connectivity index (χ2v) is 7.60. The first-order valence-corrected chi connectivity index (χ1v) is 8.46. The molecule has 1 heterocycles. The Morgan fingerprint density at radius 2 is 1.83 bits per heavy atom. The molecule has 0 aliphatic heterocycles. The molecule has 2 rings (SSSR count). The van der Waals surface area contributed by atoms with Gasteiger partial charge < -0.3 is 4.57 Å².